The van der Waals surface area contributed by atoms with Crippen molar-refractivity contribution in [2.24, 2.45) is 5.41 Å². The molecule has 2 aliphatic carbocycles. The molecule has 2 aromatic rings. The molecule has 0 bridgehead atoms. The van der Waals surface area contributed by atoms with Crippen LogP contribution in [0.3, 0.4) is 0 Å². The van der Waals surface area contributed by atoms with Gasteiger partial charge in [0.25, 0.3) is 0 Å². The molecule has 0 saturated carbocycles. The molecule has 0 aliphatic heterocycles. The molecule has 32 heavy (non-hydrogen) atoms. The van der Waals surface area contributed by atoms with E-state index in [1.807, 2.05) is 57.2 Å². The maximum Gasteiger partial charge on any atom is 0.190 e. The maximum atomic E-state index is 13.1. The summed E-state index contributed by atoms with van der Waals surface area (Å²) in [5.41, 5.74) is 10.2. The second-order valence-electron chi connectivity index (χ2n) is 9.95. The summed E-state index contributed by atoms with van der Waals surface area (Å²) in [6.07, 6.45) is 6.23. The second-order valence-corrected chi connectivity index (χ2v) is 9.95. The number of fused-ring (bicyclic) bond motifs is 2. The number of hydrogen-bond donors (Lipinski definition) is 0. The van der Waals surface area contributed by atoms with Gasteiger partial charge in [-0.3, -0.25) is 9.59 Å². The fourth-order valence-electron chi connectivity index (χ4n) is 4.46. The smallest absolute Gasteiger partial charge is 0.190 e. The molecule has 162 valence electrons. The third-order valence-electron chi connectivity index (χ3n) is 6.74. The molecule has 2 aliphatic rings. The Bertz CT molecular complexity index is 1300. The highest BCUT2D eigenvalue weighted by molar-refractivity contribution is 6.18. The van der Waals surface area contributed by atoms with Crippen LogP contribution in [0.2, 0.25) is 0 Å². The summed E-state index contributed by atoms with van der Waals surface area (Å²) in [7, 11) is 0. The van der Waals surface area contributed by atoms with E-state index in [4.69, 9.17) is 0 Å². The van der Waals surface area contributed by atoms with Gasteiger partial charge in [0.15, 0.2) is 11.6 Å². The van der Waals surface area contributed by atoms with Crippen molar-refractivity contribution in [3.63, 3.8) is 0 Å². The Morgan fingerprint density at radius 3 is 1.91 bits per heavy atom. The van der Waals surface area contributed by atoms with Gasteiger partial charge in [0.1, 0.15) is 0 Å². The molecule has 0 atom stereocenters. The van der Waals surface area contributed by atoms with E-state index in [0.717, 1.165) is 55.7 Å². The third-order valence-corrected chi connectivity index (χ3v) is 6.74. The van der Waals surface area contributed by atoms with Crippen molar-refractivity contribution in [2.45, 2.75) is 48.5 Å². The third kappa shape index (κ3) is 3.54. The predicted molar refractivity (Wildman–Crippen MR) is 133 cm³/mol. The molecule has 2 nitrogen and oxygen atoms in total. The Morgan fingerprint density at radius 2 is 1.28 bits per heavy atom. The lowest BCUT2D eigenvalue weighted by Crippen LogP contribution is -2.22. The van der Waals surface area contributed by atoms with Gasteiger partial charge in [0, 0.05) is 22.3 Å². The first-order valence-corrected chi connectivity index (χ1v) is 11.1. The summed E-state index contributed by atoms with van der Waals surface area (Å²) in [6, 6.07) is 11.9. The van der Waals surface area contributed by atoms with Crippen molar-refractivity contribution in [3.05, 3.63) is 105 Å². The molecule has 4 rings (SSSR count). The van der Waals surface area contributed by atoms with Crippen LogP contribution in [0.1, 0.15) is 77.6 Å². The zero-order valence-corrected chi connectivity index (χ0v) is 20.0. The number of benzene rings is 2. The monoisotopic (exact) mass is 422 g/mol. The van der Waals surface area contributed by atoms with Crippen LogP contribution in [0.4, 0.5) is 0 Å². The molecule has 0 fully saturated rings. The van der Waals surface area contributed by atoms with Gasteiger partial charge in [-0.15, -0.1) is 0 Å². The van der Waals surface area contributed by atoms with E-state index < -0.39 is 0 Å². The molecule has 0 unspecified atom stereocenters. The van der Waals surface area contributed by atoms with Gasteiger partial charge in [-0.1, -0.05) is 63.3 Å². The van der Waals surface area contributed by atoms with Gasteiger partial charge in [0.05, 0.1) is 0 Å². The Labute approximate surface area is 191 Å². The van der Waals surface area contributed by atoms with Gasteiger partial charge in [0.2, 0.25) is 0 Å². The quantitative estimate of drug-likeness (QED) is 0.477. The molecule has 0 radical (unpaired) electrons. The minimum Gasteiger partial charge on any atom is -0.289 e. The second kappa shape index (κ2) is 7.70. The fraction of sp³-hybridized carbons (Fsp3) is 0.267. The summed E-state index contributed by atoms with van der Waals surface area (Å²) >= 11 is 0. The summed E-state index contributed by atoms with van der Waals surface area (Å²) in [6.45, 7) is 14.3. The number of rotatable bonds is 1. The number of ketones is 2. The van der Waals surface area contributed by atoms with Gasteiger partial charge in [-0.2, -0.15) is 0 Å². The van der Waals surface area contributed by atoms with Crippen molar-refractivity contribution >= 4 is 22.7 Å². The molecule has 2 aromatic carbocycles. The first-order chi connectivity index (χ1) is 15.0. The van der Waals surface area contributed by atoms with Crippen molar-refractivity contribution < 1.29 is 9.59 Å². The molecule has 0 saturated heterocycles. The summed E-state index contributed by atoms with van der Waals surface area (Å²) < 4.78 is 0. The van der Waals surface area contributed by atoms with E-state index in [1.165, 1.54) is 5.56 Å². The van der Waals surface area contributed by atoms with Crippen LogP contribution in [0.15, 0.2) is 71.3 Å². The predicted octanol–water partition coefficient (Wildman–Crippen LogP) is 7.47. The Morgan fingerprint density at radius 1 is 0.688 bits per heavy atom. The first-order valence-electron chi connectivity index (χ1n) is 11.1. The summed E-state index contributed by atoms with van der Waals surface area (Å²) in [5.74, 6) is 0.207. The van der Waals surface area contributed by atoms with Crippen LogP contribution in [-0.4, -0.2) is 11.6 Å². The standard InChI is InChI=1S/C30H30O2/c1-17-14-25-22(19(3)20(4)28(31)26(25)15-18(17)2)13-12-21-16-27(30(5,6)7)29(32)24-11-9-8-10-23(21)24/h8-16H,1-7H3/b21-12-,22-13-. The normalized spacial score (nSPS) is 18.8. The van der Waals surface area contributed by atoms with Crippen LogP contribution in [0, 0.1) is 19.3 Å². The largest absolute Gasteiger partial charge is 0.289 e. The minimum absolute atomic E-state index is 0.101. The zero-order chi connectivity index (χ0) is 23.4. The Kier molecular flexibility index (Phi) is 5.29. The number of hydrogen-bond acceptors (Lipinski definition) is 2. The van der Waals surface area contributed by atoms with E-state index in [0.29, 0.717) is 0 Å². The molecule has 0 aromatic heterocycles. The van der Waals surface area contributed by atoms with Crippen LogP contribution < -0.4 is 0 Å². The molecular weight excluding hydrogens is 392 g/mol. The van der Waals surface area contributed by atoms with Gasteiger partial charge in [-0.25, -0.2) is 0 Å². The lowest BCUT2D eigenvalue weighted by molar-refractivity contribution is 0.101. The average molecular weight is 423 g/mol. The first kappa shape index (κ1) is 22.0. The van der Waals surface area contributed by atoms with E-state index in [9.17, 15) is 9.59 Å². The van der Waals surface area contributed by atoms with E-state index >= 15 is 0 Å². The number of Topliss-reactive ketones (excluding diaryl/α,β-unsaturated/α-hetero) is 2. The molecule has 0 spiro atoms. The summed E-state index contributed by atoms with van der Waals surface area (Å²) in [5, 5.41) is 0. The lowest BCUT2D eigenvalue weighted by Gasteiger charge is -2.27. The molecule has 0 N–H and O–H groups in total. The van der Waals surface area contributed by atoms with Crippen LogP contribution in [0.5, 0.6) is 0 Å². The number of carbonyl (C=O) groups is 2. The van der Waals surface area contributed by atoms with Crippen molar-refractivity contribution in [1.29, 1.82) is 0 Å². The highest BCUT2D eigenvalue weighted by atomic mass is 16.1. The van der Waals surface area contributed by atoms with Crippen LogP contribution in [-0.2, 0) is 0 Å². The highest BCUT2D eigenvalue weighted by Crippen LogP contribution is 2.39. The molecular formula is C30H30O2. The van der Waals surface area contributed by atoms with Crippen LogP contribution >= 0.6 is 0 Å². The van der Waals surface area contributed by atoms with Crippen LogP contribution in [0.25, 0.3) is 11.1 Å². The van der Waals surface area contributed by atoms with E-state index in [-0.39, 0.29) is 17.0 Å². The van der Waals surface area contributed by atoms with E-state index in [2.05, 4.69) is 45.9 Å². The fourth-order valence-corrected chi connectivity index (χ4v) is 4.46. The topological polar surface area (TPSA) is 34.1 Å². The molecule has 2 heteroatoms. The van der Waals surface area contributed by atoms with Gasteiger partial charge >= 0.3 is 0 Å². The van der Waals surface area contributed by atoms with E-state index in [1.54, 1.807) is 0 Å². The molecule has 0 amide bonds. The Hall–Kier alpha value is -3.26. The number of aryl methyl sites for hydroxylation is 2. The van der Waals surface area contributed by atoms with Crippen molar-refractivity contribution in [2.75, 3.05) is 0 Å². The van der Waals surface area contributed by atoms with Gasteiger partial charge < -0.3 is 0 Å². The zero-order valence-electron chi connectivity index (χ0n) is 20.0. The average Bonchev–Trinajstić information content (AvgIpc) is 2.74. The van der Waals surface area contributed by atoms with Gasteiger partial charge in [-0.05, 0) is 84.2 Å². The summed E-state index contributed by atoms with van der Waals surface area (Å²) in [4.78, 5) is 26.1. The Balaban J connectivity index is 1.95. The minimum atomic E-state index is -0.248. The lowest BCUT2D eigenvalue weighted by atomic mass is 9.75. The van der Waals surface area contributed by atoms with Crippen molar-refractivity contribution in [3.8, 4) is 0 Å². The highest BCUT2D eigenvalue weighted by Gasteiger charge is 2.30. The maximum absolute atomic E-state index is 13.1. The molecule has 0 heterocycles. The SMILES string of the molecule is CC1=C(C)/C(=C/C=C2/C=C(C(C)(C)C)C(=O)c3ccccc32)c2cc(C)c(C)cc2C1=O. The number of carbonyl (C=O) groups excluding carboxylic acids is 2. The van der Waals surface area contributed by atoms with Crippen molar-refractivity contribution in [1.82, 2.24) is 0 Å². The number of allylic oxidation sites excluding steroid dienone is 8.